The number of carbonyl (C=O) groups excluding carboxylic acids is 1. The molecule has 5 nitrogen and oxygen atoms in total. The van der Waals surface area contributed by atoms with Crippen molar-refractivity contribution in [2.45, 2.75) is 6.54 Å². The smallest absolute Gasteiger partial charge is 0.250 e. The lowest BCUT2D eigenvalue weighted by Gasteiger charge is -2.07. The fourth-order valence-electron chi connectivity index (χ4n) is 1.56. The van der Waals surface area contributed by atoms with E-state index < -0.39 is 0 Å². The van der Waals surface area contributed by atoms with E-state index in [1.165, 1.54) is 10.6 Å². The van der Waals surface area contributed by atoms with Crippen LogP contribution < -0.4 is 16.6 Å². The van der Waals surface area contributed by atoms with E-state index in [0.717, 1.165) is 0 Å². The fraction of sp³-hybridized carbons (Fsp3) is 0.0769. The van der Waals surface area contributed by atoms with Crippen molar-refractivity contribution in [2.75, 3.05) is 11.1 Å². The summed E-state index contributed by atoms with van der Waals surface area (Å²) in [5.41, 5.74) is 6.58. The Hall–Kier alpha value is -2.56. The number of amides is 1. The molecule has 18 heavy (non-hydrogen) atoms. The van der Waals surface area contributed by atoms with Gasteiger partial charge in [-0.1, -0.05) is 12.1 Å². The zero-order valence-electron chi connectivity index (χ0n) is 9.67. The van der Waals surface area contributed by atoms with Crippen LogP contribution >= 0.6 is 0 Å². The fourth-order valence-corrected chi connectivity index (χ4v) is 1.56. The molecule has 1 aromatic carbocycles. The van der Waals surface area contributed by atoms with Gasteiger partial charge >= 0.3 is 0 Å². The van der Waals surface area contributed by atoms with Crippen molar-refractivity contribution in [1.82, 2.24) is 4.57 Å². The van der Waals surface area contributed by atoms with Gasteiger partial charge in [0.2, 0.25) is 5.91 Å². The van der Waals surface area contributed by atoms with Crippen molar-refractivity contribution in [2.24, 2.45) is 0 Å². The number of hydrogen-bond acceptors (Lipinski definition) is 3. The second-order valence-electron chi connectivity index (χ2n) is 3.84. The van der Waals surface area contributed by atoms with Gasteiger partial charge in [0.1, 0.15) is 6.54 Å². The molecule has 0 spiro atoms. The van der Waals surface area contributed by atoms with E-state index in [4.69, 9.17) is 5.73 Å². The zero-order chi connectivity index (χ0) is 13.0. The first-order valence-electron chi connectivity index (χ1n) is 5.46. The lowest BCUT2D eigenvalue weighted by atomic mass is 10.3. The summed E-state index contributed by atoms with van der Waals surface area (Å²) in [5, 5.41) is 2.68. The molecule has 0 radical (unpaired) electrons. The van der Waals surface area contributed by atoms with E-state index in [1.54, 1.807) is 42.6 Å². The molecule has 0 saturated carbocycles. The molecule has 0 bridgehead atoms. The molecule has 0 aliphatic heterocycles. The highest BCUT2D eigenvalue weighted by Gasteiger charge is 2.04. The number of aromatic nitrogens is 1. The summed E-state index contributed by atoms with van der Waals surface area (Å²) in [6.45, 7) is -0.0194. The van der Waals surface area contributed by atoms with Crippen LogP contribution in [0.4, 0.5) is 11.4 Å². The maximum absolute atomic E-state index is 11.7. The molecule has 0 aliphatic carbocycles. The largest absolute Gasteiger partial charge is 0.399 e. The number of hydrogen-bond donors (Lipinski definition) is 2. The van der Waals surface area contributed by atoms with E-state index in [1.807, 2.05) is 0 Å². The van der Waals surface area contributed by atoms with Crippen LogP contribution in [0.5, 0.6) is 0 Å². The SMILES string of the molecule is Nc1cccc(NC(=O)Cn2ccccc2=O)c1. The molecule has 0 fully saturated rings. The molecule has 92 valence electrons. The quantitative estimate of drug-likeness (QED) is 0.791. The summed E-state index contributed by atoms with van der Waals surface area (Å²) in [6.07, 6.45) is 1.57. The lowest BCUT2D eigenvalue weighted by Crippen LogP contribution is -2.26. The van der Waals surface area contributed by atoms with Crippen LogP contribution in [0, 0.1) is 0 Å². The monoisotopic (exact) mass is 243 g/mol. The number of nitrogens with zero attached hydrogens (tertiary/aromatic N) is 1. The Balaban J connectivity index is 2.06. The molecular weight excluding hydrogens is 230 g/mol. The minimum atomic E-state index is -0.270. The molecule has 5 heteroatoms. The first-order chi connectivity index (χ1) is 8.65. The molecular formula is C13H13N3O2. The summed E-state index contributed by atoms with van der Waals surface area (Å²) in [4.78, 5) is 23.2. The Bertz CT molecular complexity index is 619. The Labute approximate surface area is 104 Å². The standard InChI is InChI=1S/C13H13N3O2/c14-10-4-3-5-11(8-10)15-12(17)9-16-7-2-1-6-13(16)18/h1-8H,9,14H2,(H,15,17). The first-order valence-corrected chi connectivity index (χ1v) is 5.46. The van der Waals surface area contributed by atoms with Crippen molar-refractivity contribution < 1.29 is 4.79 Å². The van der Waals surface area contributed by atoms with Crippen LogP contribution in [0.3, 0.4) is 0 Å². The summed E-state index contributed by atoms with van der Waals surface area (Å²) in [7, 11) is 0. The summed E-state index contributed by atoms with van der Waals surface area (Å²) in [5.74, 6) is -0.270. The number of nitrogens with one attached hydrogen (secondary N) is 1. The number of rotatable bonds is 3. The van der Waals surface area contributed by atoms with Crippen molar-refractivity contribution in [3.63, 3.8) is 0 Å². The predicted molar refractivity (Wildman–Crippen MR) is 70.2 cm³/mol. The van der Waals surface area contributed by atoms with Gasteiger partial charge in [-0.2, -0.15) is 0 Å². The van der Waals surface area contributed by atoms with E-state index >= 15 is 0 Å². The van der Waals surface area contributed by atoms with Gasteiger partial charge in [-0.25, -0.2) is 0 Å². The Morgan fingerprint density at radius 3 is 2.78 bits per heavy atom. The maximum Gasteiger partial charge on any atom is 0.250 e. The van der Waals surface area contributed by atoms with Gasteiger partial charge in [0.25, 0.3) is 5.56 Å². The minimum absolute atomic E-state index is 0.0194. The van der Waals surface area contributed by atoms with Crippen LogP contribution in [-0.2, 0) is 11.3 Å². The van der Waals surface area contributed by atoms with Gasteiger partial charge in [0, 0.05) is 23.6 Å². The number of nitrogen functional groups attached to an aromatic ring is 1. The summed E-state index contributed by atoms with van der Waals surface area (Å²) in [6, 6.07) is 11.6. The molecule has 0 saturated heterocycles. The molecule has 2 rings (SSSR count). The van der Waals surface area contributed by atoms with Gasteiger partial charge in [0.15, 0.2) is 0 Å². The van der Waals surface area contributed by atoms with Gasteiger partial charge in [-0.3, -0.25) is 9.59 Å². The highest BCUT2D eigenvalue weighted by molar-refractivity contribution is 5.90. The van der Waals surface area contributed by atoms with Crippen LogP contribution in [0.25, 0.3) is 0 Å². The number of benzene rings is 1. The van der Waals surface area contributed by atoms with Crippen LogP contribution in [0.15, 0.2) is 53.5 Å². The number of nitrogens with two attached hydrogens (primary N) is 1. The van der Waals surface area contributed by atoms with Crippen molar-refractivity contribution in [1.29, 1.82) is 0 Å². The third-order valence-electron chi connectivity index (χ3n) is 2.38. The second kappa shape index (κ2) is 5.18. The van der Waals surface area contributed by atoms with Crippen molar-refractivity contribution in [3.8, 4) is 0 Å². The Morgan fingerprint density at radius 2 is 2.06 bits per heavy atom. The normalized spacial score (nSPS) is 10.0. The third kappa shape index (κ3) is 2.98. The van der Waals surface area contributed by atoms with Gasteiger partial charge in [-0.05, 0) is 24.3 Å². The molecule has 1 amide bonds. The molecule has 0 aliphatic rings. The van der Waals surface area contributed by atoms with E-state index in [9.17, 15) is 9.59 Å². The molecule has 1 aromatic heterocycles. The van der Waals surface area contributed by atoms with E-state index in [2.05, 4.69) is 5.32 Å². The van der Waals surface area contributed by atoms with Crippen molar-refractivity contribution in [3.05, 3.63) is 59.0 Å². The average molecular weight is 243 g/mol. The summed E-state index contributed by atoms with van der Waals surface area (Å²) >= 11 is 0. The second-order valence-corrected chi connectivity index (χ2v) is 3.84. The van der Waals surface area contributed by atoms with Crippen LogP contribution in [0.1, 0.15) is 0 Å². The van der Waals surface area contributed by atoms with Gasteiger partial charge in [-0.15, -0.1) is 0 Å². The highest BCUT2D eigenvalue weighted by Crippen LogP contribution is 2.11. The van der Waals surface area contributed by atoms with Gasteiger partial charge < -0.3 is 15.6 Å². The van der Waals surface area contributed by atoms with Crippen LogP contribution in [0.2, 0.25) is 0 Å². The predicted octanol–water partition coefficient (Wildman–Crippen LogP) is 1.07. The molecule has 0 atom stereocenters. The third-order valence-corrected chi connectivity index (χ3v) is 2.38. The zero-order valence-corrected chi connectivity index (χ0v) is 9.67. The average Bonchev–Trinajstić information content (AvgIpc) is 2.32. The topological polar surface area (TPSA) is 77.1 Å². The Kier molecular flexibility index (Phi) is 3.43. The molecule has 1 heterocycles. The number of anilines is 2. The lowest BCUT2D eigenvalue weighted by molar-refractivity contribution is -0.116. The molecule has 0 unspecified atom stereocenters. The van der Waals surface area contributed by atoms with E-state index in [0.29, 0.717) is 11.4 Å². The van der Waals surface area contributed by atoms with Crippen LogP contribution in [-0.4, -0.2) is 10.5 Å². The first kappa shape index (κ1) is 11.9. The summed E-state index contributed by atoms with van der Waals surface area (Å²) < 4.78 is 1.33. The van der Waals surface area contributed by atoms with Gasteiger partial charge in [0.05, 0.1) is 0 Å². The van der Waals surface area contributed by atoms with Crippen molar-refractivity contribution >= 4 is 17.3 Å². The Morgan fingerprint density at radius 1 is 1.22 bits per heavy atom. The number of pyridine rings is 1. The number of carbonyl (C=O) groups is 1. The maximum atomic E-state index is 11.7. The van der Waals surface area contributed by atoms with E-state index in [-0.39, 0.29) is 18.0 Å². The highest BCUT2D eigenvalue weighted by atomic mass is 16.2. The minimum Gasteiger partial charge on any atom is -0.399 e. The molecule has 3 N–H and O–H groups in total. The molecule has 2 aromatic rings.